The van der Waals surface area contributed by atoms with E-state index in [-0.39, 0.29) is 6.04 Å². The summed E-state index contributed by atoms with van der Waals surface area (Å²) < 4.78 is 17.3. The zero-order valence-electron chi connectivity index (χ0n) is 12.8. The minimum absolute atomic E-state index is 0.0462. The van der Waals surface area contributed by atoms with E-state index in [9.17, 15) is 4.79 Å². The third kappa shape index (κ3) is 8.49. The summed E-state index contributed by atoms with van der Waals surface area (Å²) in [6, 6.07) is 0.106. The monoisotopic (exact) mass is 307 g/mol. The van der Waals surface area contributed by atoms with Crippen LogP contribution in [0.15, 0.2) is 0 Å². The Bertz CT molecular complexity index is 252. The van der Waals surface area contributed by atoms with Gasteiger partial charge in [0.1, 0.15) is 0 Å². The summed E-state index contributed by atoms with van der Waals surface area (Å²) in [5, 5.41) is 2.53. The Labute approximate surface area is 122 Å². The van der Waals surface area contributed by atoms with Gasteiger partial charge in [0.05, 0.1) is 0 Å². The predicted octanol–water partition coefficient (Wildman–Crippen LogP) is 0.811. The van der Waals surface area contributed by atoms with Gasteiger partial charge in [-0.2, -0.15) is 0 Å². The molecule has 0 aliphatic carbocycles. The van der Waals surface area contributed by atoms with Gasteiger partial charge >= 0.3 is 14.8 Å². The number of amides is 2. The highest BCUT2D eigenvalue weighted by Gasteiger charge is 2.40. The molecule has 8 heteroatoms. The summed E-state index contributed by atoms with van der Waals surface area (Å²) in [6.45, 7) is 7.94. The van der Waals surface area contributed by atoms with Gasteiger partial charge in [0.15, 0.2) is 0 Å². The van der Waals surface area contributed by atoms with Crippen LogP contribution in [0.25, 0.3) is 0 Å². The molecule has 0 saturated carbocycles. The van der Waals surface area contributed by atoms with E-state index in [0.717, 1.165) is 6.42 Å². The summed E-state index contributed by atoms with van der Waals surface area (Å²) in [7, 11) is -2.61. The van der Waals surface area contributed by atoms with Gasteiger partial charge in [-0.05, 0) is 33.6 Å². The minimum atomic E-state index is -2.61. The van der Waals surface area contributed by atoms with Gasteiger partial charge in [0.25, 0.3) is 0 Å². The summed E-state index contributed by atoms with van der Waals surface area (Å²) in [5.74, 6) is 0. The van der Waals surface area contributed by atoms with Crippen LogP contribution in [0.1, 0.15) is 33.6 Å². The first-order valence-electron chi connectivity index (χ1n) is 7.20. The van der Waals surface area contributed by atoms with Crippen molar-refractivity contribution in [1.82, 2.24) is 5.32 Å². The topological polar surface area (TPSA) is 109 Å². The number of hydrogen-bond acceptors (Lipinski definition) is 5. The largest absolute Gasteiger partial charge is 0.500 e. The number of rotatable bonds is 12. The fourth-order valence-electron chi connectivity index (χ4n) is 1.89. The molecule has 5 N–H and O–H groups in total. The van der Waals surface area contributed by atoms with Crippen LogP contribution in [0.3, 0.4) is 0 Å². The molecular formula is C12H29N3O4Si. The van der Waals surface area contributed by atoms with Gasteiger partial charge in [-0.3, -0.25) is 0 Å². The molecule has 0 aromatic heterocycles. The molecule has 20 heavy (non-hydrogen) atoms. The van der Waals surface area contributed by atoms with Crippen LogP contribution in [0.4, 0.5) is 4.79 Å². The second-order valence-corrected chi connectivity index (χ2v) is 7.09. The zero-order valence-corrected chi connectivity index (χ0v) is 13.8. The van der Waals surface area contributed by atoms with Gasteiger partial charge in [0.2, 0.25) is 0 Å². The van der Waals surface area contributed by atoms with Crippen molar-refractivity contribution in [3.63, 3.8) is 0 Å². The van der Waals surface area contributed by atoms with Crippen molar-refractivity contribution in [2.24, 2.45) is 11.5 Å². The van der Waals surface area contributed by atoms with Crippen molar-refractivity contribution < 1.29 is 18.1 Å². The molecule has 0 rings (SSSR count). The maximum Gasteiger partial charge on any atom is 0.500 e. The third-order valence-electron chi connectivity index (χ3n) is 2.73. The number of carbonyl (C=O) groups excluding carboxylic acids is 1. The highest BCUT2D eigenvalue weighted by Crippen LogP contribution is 2.19. The molecule has 1 unspecified atom stereocenters. The Balaban J connectivity index is 4.24. The van der Waals surface area contributed by atoms with Crippen molar-refractivity contribution in [3.05, 3.63) is 0 Å². The number of primary amides is 1. The number of hydrogen-bond donors (Lipinski definition) is 3. The Morgan fingerprint density at radius 2 is 1.60 bits per heavy atom. The lowest BCUT2D eigenvalue weighted by Crippen LogP contribution is -2.47. The molecule has 0 spiro atoms. The van der Waals surface area contributed by atoms with E-state index in [1.807, 2.05) is 20.8 Å². The average Bonchev–Trinajstić information content (AvgIpc) is 2.37. The second kappa shape index (κ2) is 11.0. The molecule has 0 aliphatic heterocycles. The van der Waals surface area contributed by atoms with Crippen LogP contribution in [0.5, 0.6) is 0 Å². The van der Waals surface area contributed by atoms with E-state index >= 15 is 0 Å². The smallest absolute Gasteiger partial charge is 0.374 e. The molecule has 0 radical (unpaired) electrons. The molecule has 7 nitrogen and oxygen atoms in total. The van der Waals surface area contributed by atoms with E-state index < -0.39 is 14.8 Å². The summed E-state index contributed by atoms with van der Waals surface area (Å²) in [4.78, 5) is 10.6. The number of nitrogens with one attached hydrogen (secondary N) is 1. The first-order valence-corrected chi connectivity index (χ1v) is 9.13. The first-order chi connectivity index (χ1) is 9.49. The maximum atomic E-state index is 10.6. The third-order valence-corrected chi connectivity index (χ3v) is 5.81. The molecule has 2 amide bonds. The Hall–Kier alpha value is -0.673. The van der Waals surface area contributed by atoms with Crippen LogP contribution in [0, 0.1) is 0 Å². The SMILES string of the molecule is CCO[Si](CCC(N)CCNC(N)=O)(OCC)OCC. The molecule has 120 valence electrons. The first kappa shape index (κ1) is 19.3. The lowest BCUT2D eigenvalue weighted by Gasteiger charge is -2.29. The normalized spacial score (nSPS) is 13.2. The lowest BCUT2D eigenvalue weighted by atomic mass is 10.2. The fourth-order valence-corrected chi connectivity index (χ4v) is 4.62. The van der Waals surface area contributed by atoms with Gasteiger partial charge in [0, 0.05) is 38.5 Å². The molecule has 0 fully saturated rings. The van der Waals surface area contributed by atoms with E-state index in [2.05, 4.69) is 5.32 Å². The van der Waals surface area contributed by atoms with E-state index in [1.165, 1.54) is 0 Å². The fraction of sp³-hybridized carbons (Fsp3) is 0.917. The quantitative estimate of drug-likeness (QED) is 0.462. The zero-order chi connectivity index (χ0) is 15.4. The molecule has 0 aromatic carbocycles. The second-order valence-electron chi connectivity index (χ2n) is 4.36. The van der Waals surface area contributed by atoms with Gasteiger partial charge < -0.3 is 30.1 Å². The molecule has 0 heterocycles. The highest BCUT2D eigenvalue weighted by molar-refractivity contribution is 6.60. The molecular weight excluding hydrogens is 278 g/mol. The molecule has 1 atom stereocenters. The summed E-state index contributed by atoms with van der Waals surface area (Å²) >= 11 is 0. The standard InChI is InChI=1S/C12H29N3O4Si/c1-4-17-20(18-5-2,19-6-3)10-8-11(13)7-9-15-12(14)16/h11H,4-10,13H2,1-3H3,(H3,14,15,16). The van der Waals surface area contributed by atoms with Crippen LogP contribution in [-0.4, -0.2) is 47.2 Å². The lowest BCUT2D eigenvalue weighted by molar-refractivity contribution is 0.0702. The predicted molar refractivity (Wildman–Crippen MR) is 80.2 cm³/mol. The van der Waals surface area contributed by atoms with Crippen molar-refractivity contribution in [2.75, 3.05) is 26.4 Å². The molecule has 0 saturated heterocycles. The average molecular weight is 307 g/mol. The Morgan fingerprint density at radius 1 is 1.10 bits per heavy atom. The summed E-state index contributed by atoms with van der Waals surface area (Å²) in [5.41, 5.74) is 11.0. The number of urea groups is 1. The number of nitrogens with two attached hydrogens (primary N) is 2. The summed E-state index contributed by atoms with van der Waals surface area (Å²) in [6.07, 6.45) is 1.39. The Kier molecular flexibility index (Phi) is 10.7. The van der Waals surface area contributed by atoms with Crippen molar-refractivity contribution in [3.8, 4) is 0 Å². The Morgan fingerprint density at radius 3 is 2.00 bits per heavy atom. The van der Waals surface area contributed by atoms with Crippen molar-refractivity contribution in [2.45, 2.75) is 45.7 Å². The van der Waals surface area contributed by atoms with Crippen LogP contribution in [0.2, 0.25) is 6.04 Å². The maximum absolute atomic E-state index is 10.6. The number of carbonyl (C=O) groups is 1. The van der Waals surface area contributed by atoms with Crippen LogP contribution < -0.4 is 16.8 Å². The molecule has 0 aliphatic rings. The van der Waals surface area contributed by atoms with Crippen LogP contribution in [-0.2, 0) is 13.3 Å². The molecule has 0 bridgehead atoms. The van der Waals surface area contributed by atoms with Crippen molar-refractivity contribution >= 4 is 14.8 Å². The van der Waals surface area contributed by atoms with E-state index in [0.29, 0.717) is 38.8 Å². The van der Waals surface area contributed by atoms with Gasteiger partial charge in [-0.1, -0.05) is 0 Å². The van der Waals surface area contributed by atoms with Gasteiger partial charge in [-0.25, -0.2) is 4.79 Å². The molecule has 0 aromatic rings. The van der Waals surface area contributed by atoms with Crippen molar-refractivity contribution in [1.29, 1.82) is 0 Å². The van der Waals surface area contributed by atoms with E-state index in [1.54, 1.807) is 0 Å². The highest BCUT2D eigenvalue weighted by atomic mass is 28.4. The van der Waals surface area contributed by atoms with Crippen LogP contribution >= 0.6 is 0 Å². The van der Waals surface area contributed by atoms with Gasteiger partial charge in [-0.15, -0.1) is 0 Å². The van der Waals surface area contributed by atoms with E-state index in [4.69, 9.17) is 24.7 Å². The minimum Gasteiger partial charge on any atom is -0.374 e.